The molecule has 0 spiro atoms. The van der Waals surface area contributed by atoms with Gasteiger partial charge in [0.25, 0.3) is 0 Å². The van der Waals surface area contributed by atoms with Crippen molar-refractivity contribution in [3.8, 4) is 0 Å². The molecule has 0 aliphatic carbocycles. The van der Waals surface area contributed by atoms with Crippen molar-refractivity contribution in [3.05, 3.63) is 95.8 Å². The van der Waals surface area contributed by atoms with E-state index < -0.39 is 0 Å². The molecular formula is C22H24N2. The largest absolute Gasteiger partial charge is 0.374 e. The molecule has 1 aromatic heterocycles. The summed E-state index contributed by atoms with van der Waals surface area (Å²) < 4.78 is 0. The monoisotopic (exact) mass is 316 g/mol. The van der Waals surface area contributed by atoms with Gasteiger partial charge in [0.05, 0.1) is 0 Å². The van der Waals surface area contributed by atoms with Crippen molar-refractivity contribution in [1.82, 2.24) is 4.98 Å². The number of hydrogen-bond donors (Lipinski definition) is 0. The number of likely N-dealkylation sites (N-methyl/N-ethyl adjacent to an activating group) is 1. The minimum absolute atomic E-state index is 0.443. The summed E-state index contributed by atoms with van der Waals surface area (Å²) in [5, 5.41) is 0. The fraction of sp³-hybridized carbons (Fsp3) is 0.227. The predicted molar refractivity (Wildman–Crippen MR) is 102 cm³/mol. The van der Waals surface area contributed by atoms with E-state index in [2.05, 4.69) is 90.6 Å². The average molecular weight is 316 g/mol. The van der Waals surface area contributed by atoms with Crippen molar-refractivity contribution < 1.29 is 0 Å². The van der Waals surface area contributed by atoms with Gasteiger partial charge in [-0.15, -0.1) is 0 Å². The molecular weight excluding hydrogens is 292 g/mol. The molecule has 0 fully saturated rings. The topological polar surface area (TPSA) is 16.1 Å². The Kier molecular flexibility index (Phi) is 5.27. The van der Waals surface area contributed by atoms with E-state index in [9.17, 15) is 0 Å². The van der Waals surface area contributed by atoms with E-state index in [4.69, 9.17) is 0 Å². The Hall–Kier alpha value is -2.61. The van der Waals surface area contributed by atoms with Crippen LogP contribution in [-0.2, 0) is 6.42 Å². The Labute approximate surface area is 144 Å². The number of nitrogens with zero attached hydrogens (tertiary/aromatic N) is 2. The van der Waals surface area contributed by atoms with Crippen LogP contribution < -0.4 is 4.90 Å². The summed E-state index contributed by atoms with van der Waals surface area (Å²) in [6.45, 7) is 3.12. The zero-order chi connectivity index (χ0) is 16.8. The molecule has 1 heterocycles. The Morgan fingerprint density at radius 1 is 0.875 bits per heavy atom. The van der Waals surface area contributed by atoms with Crippen molar-refractivity contribution >= 4 is 5.69 Å². The fourth-order valence-electron chi connectivity index (χ4n) is 3.05. The first-order chi connectivity index (χ1) is 11.7. The van der Waals surface area contributed by atoms with Crippen molar-refractivity contribution in [2.75, 3.05) is 18.5 Å². The van der Waals surface area contributed by atoms with Crippen LogP contribution in [0.3, 0.4) is 0 Å². The summed E-state index contributed by atoms with van der Waals surface area (Å²) in [6, 6.07) is 23.7. The van der Waals surface area contributed by atoms with Gasteiger partial charge in [-0.1, -0.05) is 48.0 Å². The van der Waals surface area contributed by atoms with Crippen LogP contribution in [0.4, 0.5) is 5.69 Å². The first-order valence-corrected chi connectivity index (χ1v) is 8.44. The number of aryl methyl sites for hydroxylation is 1. The molecule has 0 saturated carbocycles. The van der Waals surface area contributed by atoms with E-state index in [1.807, 2.05) is 12.4 Å². The summed E-state index contributed by atoms with van der Waals surface area (Å²) in [7, 11) is 2.17. The summed E-state index contributed by atoms with van der Waals surface area (Å²) in [5.41, 5.74) is 5.28. The molecule has 0 N–H and O–H groups in total. The summed E-state index contributed by atoms with van der Waals surface area (Å²) >= 11 is 0. The maximum absolute atomic E-state index is 4.14. The summed E-state index contributed by atoms with van der Waals surface area (Å²) in [6.07, 6.45) is 4.77. The Balaban J connectivity index is 1.82. The lowest BCUT2D eigenvalue weighted by Gasteiger charge is -2.26. The highest BCUT2D eigenvalue weighted by Gasteiger charge is 2.15. The molecule has 0 aliphatic heterocycles. The molecule has 2 aromatic carbocycles. The third kappa shape index (κ3) is 4.23. The number of hydrogen-bond acceptors (Lipinski definition) is 2. The molecule has 0 saturated heterocycles. The molecule has 0 radical (unpaired) electrons. The first-order valence-electron chi connectivity index (χ1n) is 8.44. The van der Waals surface area contributed by atoms with Gasteiger partial charge in [-0.3, -0.25) is 4.98 Å². The third-order valence-electron chi connectivity index (χ3n) is 4.47. The predicted octanol–water partition coefficient (Wildman–Crippen LogP) is 4.85. The van der Waals surface area contributed by atoms with Gasteiger partial charge in [0.1, 0.15) is 0 Å². The zero-order valence-corrected chi connectivity index (χ0v) is 14.4. The standard InChI is InChI=1S/C22H24N2/c1-18-8-10-20(11-9-18)21(16-19-12-14-23-15-13-19)17-24(2)22-6-4-3-5-7-22/h3-15,21H,16-17H2,1-2H3. The molecule has 1 atom stereocenters. The van der Waals surface area contributed by atoms with Crippen LogP contribution in [-0.4, -0.2) is 18.6 Å². The van der Waals surface area contributed by atoms with Crippen LogP contribution in [0.1, 0.15) is 22.6 Å². The van der Waals surface area contributed by atoms with Gasteiger partial charge in [0, 0.05) is 37.6 Å². The summed E-state index contributed by atoms with van der Waals surface area (Å²) in [5.74, 6) is 0.443. The molecule has 2 nitrogen and oxygen atoms in total. The molecule has 3 aromatic rings. The van der Waals surface area contributed by atoms with Crippen molar-refractivity contribution in [3.63, 3.8) is 0 Å². The highest BCUT2D eigenvalue weighted by Crippen LogP contribution is 2.24. The van der Waals surface area contributed by atoms with Crippen molar-refractivity contribution in [2.24, 2.45) is 0 Å². The molecule has 0 bridgehead atoms. The van der Waals surface area contributed by atoms with Gasteiger partial charge in [-0.25, -0.2) is 0 Å². The normalized spacial score (nSPS) is 11.9. The van der Waals surface area contributed by atoms with Crippen molar-refractivity contribution in [2.45, 2.75) is 19.3 Å². The van der Waals surface area contributed by atoms with E-state index in [0.717, 1.165) is 13.0 Å². The maximum atomic E-state index is 4.14. The second-order valence-corrected chi connectivity index (χ2v) is 6.38. The minimum Gasteiger partial charge on any atom is -0.374 e. The van der Waals surface area contributed by atoms with Gasteiger partial charge < -0.3 is 4.90 Å². The van der Waals surface area contributed by atoms with Crippen LogP contribution in [0.25, 0.3) is 0 Å². The molecule has 2 heteroatoms. The molecule has 0 amide bonds. The zero-order valence-electron chi connectivity index (χ0n) is 14.4. The van der Waals surface area contributed by atoms with Gasteiger partial charge in [0.15, 0.2) is 0 Å². The van der Waals surface area contributed by atoms with Crippen LogP contribution in [0.2, 0.25) is 0 Å². The van der Waals surface area contributed by atoms with E-state index >= 15 is 0 Å². The van der Waals surface area contributed by atoms with Crippen LogP contribution >= 0.6 is 0 Å². The lowest BCUT2D eigenvalue weighted by molar-refractivity contribution is 0.668. The van der Waals surface area contributed by atoms with Crippen LogP contribution in [0.5, 0.6) is 0 Å². The van der Waals surface area contributed by atoms with E-state index in [0.29, 0.717) is 5.92 Å². The Morgan fingerprint density at radius 2 is 1.54 bits per heavy atom. The SMILES string of the molecule is Cc1ccc(C(Cc2ccncc2)CN(C)c2ccccc2)cc1. The van der Waals surface area contributed by atoms with Gasteiger partial charge in [-0.05, 0) is 48.7 Å². The number of para-hydroxylation sites is 1. The lowest BCUT2D eigenvalue weighted by atomic mass is 9.91. The highest BCUT2D eigenvalue weighted by molar-refractivity contribution is 5.46. The second kappa shape index (κ2) is 7.78. The number of anilines is 1. The number of aromatic nitrogens is 1. The molecule has 1 unspecified atom stereocenters. The molecule has 0 aliphatic rings. The average Bonchev–Trinajstić information content (AvgIpc) is 2.63. The second-order valence-electron chi connectivity index (χ2n) is 6.38. The highest BCUT2D eigenvalue weighted by atomic mass is 15.1. The fourth-order valence-corrected chi connectivity index (χ4v) is 3.05. The minimum atomic E-state index is 0.443. The first kappa shape index (κ1) is 16.3. The van der Waals surface area contributed by atoms with E-state index in [-0.39, 0.29) is 0 Å². The number of rotatable bonds is 6. The van der Waals surface area contributed by atoms with Crippen LogP contribution in [0, 0.1) is 6.92 Å². The third-order valence-corrected chi connectivity index (χ3v) is 4.47. The van der Waals surface area contributed by atoms with E-state index in [1.54, 1.807) is 0 Å². The Morgan fingerprint density at radius 3 is 2.21 bits per heavy atom. The van der Waals surface area contributed by atoms with Gasteiger partial charge in [0.2, 0.25) is 0 Å². The number of benzene rings is 2. The van der Waals surface area contributed by atoms with Crippen molar-refractivity contribution in [1.29, 1.82) is 0 Å². The van der Waals surface area contributed by atoms with Crippen LogP contribution in [0.15, 0.2) is 79.1 Å². The molecule has 24 heavy (non-hydrogen) atoms. The lowest BCUT2D eigenvalue weighted by Crippen LogP contribution is -2.25. The maximum Gasteiger partial charge on any atom is 0.0363 e. The van der Waals surface area contributed by atoms with Gasteiger partial charge >= 0.3 is 0 Å². The molecule has 3 rings (SSSR count). The van der Waals surface area contributed by atoms with Gasteiger partial charge in [-0.2, -0.15) is 0 Å². The summed E-state index contributed by atoms with van der Waals surface area (Å²) in [4.78, 5) is 6.47. The van der Waals surface area contributed by atoms with E-state index in [1.165, 1.54) is 22.4 Å². The quantitative estimate of drug-likeness (QED) is 0.646. The molecule has 122 valence electrons. The smallest absolute Gasteiger partial charge is 0.0363 e. The number of pyridine rings is 1. The Bertz CT molecular complexity index is 736.